The van der Waals surface area contributed by atoms with Gasteiger partial charge in [0.15, 0.2) is 0 Å². The lowest BCUT2D eigenvalue weighted by atomic mass is 9.59. The van der Waals surface area contributed by atoms with E-state index >= 15 is 0 Å². The van der Waals surface area contributed by atoms with Crippen LogP contribution in [0.15, 0.2) is 115 Å². The third kappa shape index (κ3) is 3.98. The Bertz CT molecular complexity index is 2060. The van der Waals surface area contributed by atoms with Crippen LogP contribution in [0.1, 0.15) is 0 Å². The Hall–Kier alpha value is -4.36. The molecule has 41 heavy (non-hydrogen) atoms. The van der Waals surface area contributed by atoms with Gasteiger partial charge in [0.2, 0.25) is 0 Å². The van der Waals surface area contributed by atoms with Crippen LogP contribution in [0.2, 0.25) is 0 Å². The third-order valence-corrected chi connectivity index (χ3v) is 8.12. The summed E-state index contributed by atoms with van der Waals surface area (Å²) in [6, 6.07) is 40.3. The Balaban J connectivity index is 1.65. The van der Waals surface area contributed by atoms with Crippen LogP contribution in [0.5, 0.6) is 0 Å². The van der Waals surface area contributed by atoms with Crippen molar-refractivity contribution in [1.82, 2.24) is 0 Å². The van der Waals surface area contributed by atoms with Gasteiger partial charge in [-0.15, -0.1) is 16.4 Å². The van der Waals surface area contributed by atoms with E-state index in [1.54, 1.807) is 0 Å². The second-order valence-corrected chi connectivity index (χ2v) is 10.4. The van der Waals surface area contributed by atoms with Gasteiger partial charge in [-0.3, -0.25) is 0 Å². The van der Waals surface area contributed by atoms with Crippen molar-refractivity contribution in [3.63, 3.8) is 0 Å². The second-order valence-electron chi connectivity index (χ2n) is 10.4. The fourth-order valence-electron chi connectivity index (χ4n) is 6.14. The molecule has 0 N–H and O–H groups in total. The van der Waals surface area contributed by atoms with Crippen molar-refractivity contribution in [3.8, 4) is 33.4 Å². The molecule has 5 heteroatoms. The van der Waals surface area contributed by atoms with Crippen molar-refractivity contribution in [2.75, 3.05) is 0 Å². The summed E-state index contributed by atoms with van der Waals surface area (Å²) in [4.78, 5) is 0. The SMILES string of the molecule is [B]c1c([B])c([B])c(-c2c3ccccc3c(-c3cc(-c4ccccc4)c4ccccc4c3)c3ccccc23)c([B])c1[B]. The maximum Gasteiger partial charge on any atom is 0.113 e. The van der Waals surface area contributed by atoms with Gasteiger partial charge < -0.3 is 0 Å². The highest BCUT2D eigenvalue weighted by Gasteiger charge is 2.21. The van der Waals surface area contributed by atoms with Crippen LogP contribution in [0.3, 0.4) is 0 Å². The van der Waals surface area contributed by atoms with Gasteiger partial charge in [0, 0.05) is 0 Å². The van der Waals surface area contributed by atoms with Crippen LogP contribution in [0.25, 0.3) is 65.7 Å². The largest absolute Gasteiger partial charge is 0.113 e. The highest BCUT2D eigenvalue weighted by Crippen LogP contribution is 2.44. The van der Waals surface area contributed by atoms with E-state index < -0.39 is 0 Å². The molecule has 0 atom stereocenters. The summed E-state index contributed by atoms with van der Waals surface area (Å²) >= 11 is 0. The van der Waals surface area contributed by atoms with Crippen molar-refractivity contribution in [2.24, 2.45) is 0 Å². The molecule has 0 amide bonds. The molecule has 0 aliphatic heterocycles. The van der Waals surface area contributed by atoms with Gasteiger partial charge in [-0.1, -0.05) is 114 Å². The molecule has 178 valence electrons. The van der Waals surface area contributed by atoms with E-state index in [-0.39, 0.29) is 16.4 Å². The van der Waals surface area contributed by atoms with E-state index in [1.165, 1.54) is 21.9 Å². The maximum atomic E-state index is 6.62. The van der Waals surface area contributed by atoms with Crippen molar-refractivity contribution >= 4 is 98.9 Å². The van der Waals surface area contributed by atoms with E-state index in [0.717, 1.165) is 38.2 Å². The van der Waals surface area contributed by atoms with Gasteiger partial charge in [-0.2, -0.15) is 0 Å². The van der Waals surface area contributed by atoms with Crippen molar-refractivity contribution in [2.45, 2.75) is 0 Å². The first-order valence-electron chi connectivity index (χ1n) is 13.5. The lowest BCUT2D eigenvalue weighted by molar-refractivity contribution is 1.64. The number of hydrogen-bond donors (Lipinski definition) is 0. The predicted octanol–water partition coefficient (Wildman–Crippen LogP) is 4.12. The molecular weight excluding hydrogens is 486 g/mol. The average molecular weight is 506 g/mol. The highest BCUT2D eigenvalue weighted by molar-refractivity contribution is 6.69. The summed E-state index contributed by atoms with van der Waals surface area (Å²) in [5, 5.41) is 6.52. The normalized spacial score (nSPS) is 11.4. The molecule has 0 aliphatic carbocycles. The van der Waals surface area contributed by atoms with Crippen molar-refractivity contribution < 1.29 is 0 Å². The molecule has 0 fully saturated rings. The average Bonchev–Trinajstić information content (AvgIpc) is 3.02. The van der Waals surface area contributed by atoms with Gasteiger partial charge in [0.05, 0.1) is 0 Å². The van der Waals surface area contributed by atoms with Crippen molar-refractivity contribution in [3.05, 3.63) is 115 Å². The van der Waals surface area contributed by atoms with Gasteiger partial charge in [0.25, 0.3) is 0 Å². The summed E-state index contributed by atoms with van der Waals surface area (Å²) < 4.78 is 0. The van der Waals surface area contributed by atoms with E-state index in [9.17, 15) is 0 Å². The molecule has 0 aliphatic rings. The van der Waals surface area contributed by atoms with Crippen LogP contribution in [0.4, 0.5) is 0 Å². The monoisotopic (exact) mass is 506 g/mol. The highest BCUT2D eigenvalue weighted by atomic mass is 14.2. The summed E-state index contributed by atoms with van der Waals surface area (Å²) in [6.45, 7) is 0. The molecule has 0 heterocycles. The molecule has 0 aromatic heterocycles. The summed E-state index contributed by atoms with van der Waals surface area (Å²) in [7, 11) is 32.1. The fraction of sp³-hybridized carbons (Fsp3) is 0. The standard InChI is InChI=1S/C36H19B5/c37-32-31(33(38)35(40)36(41)34(32)39)30-26-16-8-6-14-24(26)29(25-15-7-9-17-27(25)30)22-18-21-12-4-5-13-23(21)28(19-22)20-10-2-1-3-11-20/h1-19H. The topological polar surface area (TPSA) is 0 Å². The zero-order valence-electron chi connectivity index (χ0n) is 22.4. The van der Waals surface area contributed by atoms with E-state index in [2.05, 4.69) is 97.1 Å². The van der Waals surface area contributed by atoms with Gasteiger partial charge in [0.1, 0.15) is 39.2 Å². The van der Waals surface area contributed by atoms with Crippen LogP contribution in [-0.2, 0) is 0 Å². The lowest BCUT2D eigenvalue weighted by Crippen LogP contribution is -2.55. The Morgan fingerprint density at radius 1 is 0.317 bits per heavy atom. The first-order chi connectivity index (χ1) is 20.0. The van der Waals surface area contributed by atoms with E-state index in [1.807, 2.05) is 18.2 Å². The Morgan fingerprint density at radius 2 is 0.756 bits per heavy atom. The molecule has 10 radical (unpaired) electrons. The van der Waals surface area contributed by atoms with Crippen molar-refractivity contribution in [1.29, 1.82) is 0 Å². The number of hydrogen-bond acceptors (Lipinski definition) is 0. The van der Waals surface area contributed by atoms with Crippen LogP contribution < -0.4 is 27.3 Å². The molecule has 0 spiro atoms. The number of fused-ring (bicyclic) bond motifs is 3. The molecule has 0 bridgehead atoms. The van der Waals surface area contributed by atoms with Crippen LogP contribution in [-0.4, -0.2) is 39.2 Å². The summed E-state index contributed by atoms with van der Waals surface area (Å²) in [5.41, 5.74) is 7.45. The molecule has 0 nitrogen and oxygen atoms in total. The number of benzene rings is 7. The third-order valence-electron chi connectivity index (χ3n) is 8.12. The van der Waals surface area contributed by atoms with E-state index in [0.29, 0.717) is 16.5 Å². The number of rotatable bonds is 3. The zero-order chi connectivity index (χ0) is 28.2. The summed E-state index contributed by atoms with van der Waals surface area (Å²) in [6.07, 6.45) is 0. The molecule has 0 unspecified atom stereocenters. The Kier molecular flexibility index (Phi) is 6.20. The maximum absolute atomic E-state index is 6.62. The molecule has 7 aromatic rings. The fourth-order valence-corrected chi connectivity index (χ4v) is 6.14. The second kappa shape index (κ2) is 9.93. The predicted molar refractivity (Wildman–Crippen MR) is 182 cm³/mol. The lowest BCUT2D eigenvalue weighted by Gasteiger charge is -2.25. The zero-order valence-corrected chi connectivity index (χ0v) is 22.4. The van der Waals surface area contributed by atoms with Gasteiger partial charge in [-0.05, 0) is 77.8 Å². The summed E-state index contributed by atoms with van der Waals surface area (Å²) in [5.74, 6) is 0. The molecule has 0 saturated heterocycles. The van der Waals surface area contributed by atoms with E-state index in [4.69, 9.17) is 39.2 Å². The smallest absolute Gasteiger partial charge is 0.112 e. The quantitative estimate of drug-likeness (QED) is 0.251. The molecule has 0 saturated carbocycles. The minimum Gasteiger partial charge on any atom is -0.112 e. The van der Waals surface area contributed by atoms with Crippen LogP contribution >= 0.6 is 0 Å². The molecular formula is C36H19B5. The Morgan fingerprint density at radius 3 is 1.32 bits per heavy atom. The minimum absolute atomic E-state index is 0.207. The minimum atomic E-state index is 0.207. The van der Waals surface area contributed by atoms with Gasteiger partial charge >= 0.3 is 0 Å². The molecule has 7 aromatic carbocycles. The Labute approximate surface area is 246 Å². The first kappa shape index (κ1) is 25.6. The van der Waals surface area contributed by atoms with Crippen LogP contribution in [0, 0.1) is 0 Å². The first-order valence-corrected chi connectivity index (χ1v) is 13.5. The molecule has 7 rings (SSSR count). The van der Waals surface area contributed by atoms with Gasteiger partial charge in [-0.25, -0.2) is 0 Å².